The highest BCUT2D eigenvalue weighted by molar-refractivity contribution is 6.10. The third kappa shape index (κ3) is 7.37. The molecule has 0 fully saturated rings. The lowest BCUT2D eigenvalue weighted by Gasteiger charge is -2.28. The van der Waals surface area contributed by atoms with Gasteiger partial charge < -0.3 is 9.47 Å². The summed E-state index contributed by atoms with van der Waals surface area (Å²) >= 11 is 0. The van der Waals surface area contributed by atoms with E-state index in [4.69, 9.17) is 0 Å². The fraction of sp³-hybridized carbons (Fsp3) is 0.0588. The SMILES string of the molecule is C=C/C(=C\C)c1cc(-c2ccccc2)cc(-n2c3ccccc3c3cc(-c4ccc(N(c5cc(-c6ccccc6)cc(-c6ccccc6)c5)c5ccc6c(c5)-c5ccccc5C6(C)C)cc4)ccc32)c1. The molecule has 0 N–H and O–H groups in total. The molecule has 1 aromatic heterocycles. The van der Waals surface area contributed by atoms with E-state index in [0.29, 0.717) is 0 Å². The van der Waals surface area contributed by atoms with Crippen molar-refractivity contribution >= 4 is 44.4 Å². The van der Waals surface area contributed by atoms with E-state index in [-0.39, 0.29) is 5.41 Å². The zero-order valence-electron chi connectivity index (χ0n) is 39.8. The van der Waals surface area contributed by atoms with Gasteiger partial charge in [-0.3, -0.25) is 0 Å². The number of rotatable bonds is 10. The molecule has 2 nitrogen and oxygen atoms in total. The topological polar surface area (TPSA) is 8.17 Å². The molecule has 2 heteroatoms. The van der Waals surface area contributed by atoms with Crippen molar-refractivity contribution in [2.24, 2.45) is 0 Å². The molecular weight excluding hydrogens is 845 g/mol. The first kappa shape index (κ1) is 42.6. The van der Waals surface area contributed by atoms with Crippen molar-refractivity contribution < 1.29 is 0 Å². The lowest BCUT2D eigenvalue weighted by Crippen LogP contribution is -2.15. The lowest BCUT2D eigenvalue weighted by molar-refractivity contribution is 0.660. The van der Waals surface area contributed by atoms with Crippen LogP contribution in [0.15, 0.2) is 255 Å². The van der Waals surface area contributed by atoms with E-state index >= 15 is 0 Å². The number of allylic oxidation sites excluding steroid dienone is 3. The fourth-order valence-corrected chi connectivity index (χ4v) is 11.0. The van der Waals surface area contributed by atoms with Crippen molar-refractivity contribution in [1.29, 1.82) is 0 Å². The highest BCUT2D eigenvalue weighted by Gasteiger charge is 2.35. The Morgan fingerprint density at radius 1 is 0.414 bits per heavy atom. The summed E-state index contributed by atoms with van der Waals surface area (Å²) in [6.45, 7) is 10.9. The Kier molecular flexibility index (Phi) is 10.6. The summed E-state index contributed by atoms with van der Waals surface area (Å²) < 4.78 is 2.42. The van der Waals surface area contributed by atoms with Gasteiger partial charge in [-0.25, -0.2) is 0 Å². The van der Waals surface area contributed by atoms with E-state index in [2.05, 4.69) is 279 Å². The van der Waals surface area contributed by atoms with Gasteiger partial charge in [-0.2, -0.15) is 0 Å². The van der Waals surface area contributed by atoms with Crippen LogP contribution in [0.1, 0.15) is 37.5 Å². The zero-order chi connectivity index (χ0) is 47.3. The number of benzene rings is 10. The first-order valence-corrected chi connectivity index (χ1v) is 24.3. The summed E-state index contributed by atoms with van der Waals surface area (Å²) in [6, 6.07) is 87.0. The molecule has 11 aromatic rings. The maximum absolute atomic E-state index is 4.16. The average molecular weight is 897 g/mol. The predicted molar refractivity (Wildman–Crippen MR) is 299 cm³/mol. The van der Waals surface area contributed by atoms with Crippen LogP contribution in [0.5, 0.6) is 0 Å². The molecule has 0 unspecified atom stereocenters. The van der Waals surface area contributed by atoms with Crippen LogP contribution in [-0.2, 0) is 5.41 Å². The number of aromatic nitrogens is 1. The van der Waals surface area contributed by atoms with E-state index in [1.165, 1.54) is 83.0 Å². The summed E-state index contributed by atoms with van der Waals surface area (Å²) in [7, 11) is 0. The van der Waals surface area contributed by atoms with Crippen molar-refractivity contribution in [2.45, 2.75) is 26.2 Å². The van der Waals surface area contributed by atoms with Gasteiger partial charge >= 0.3 is 0 Å². The lowest BCUT2D eigenvalue weighted by atomic mass is 9.82. The molecule has 1 aliphatic rings. The molecule has 0 spiro atoms. The van der Waals surface area contributed by atoms with E-state index < -0.39 is 0 Å². The molecule has 0 saturated carbocycles. The predicted octanol–water partition coefficient (Wildman–Crippen LogP) is 18.8. The van der Waals surface area contributed by atoms with E-state index in [1.54, 1.807) is 0 Å². The molecule has 0 atom stereocenters. The molecule has 70 heavy (non-hydrogen) atoms. The summed E-state index contributed by atoms with van der Waals surface area (Å²) in [4.78, 5) is 2.44. The summed E-state index contributed by atoms with van der Waals surface area (Å²) in [6.07, 6.45) is 4.09. The average Bonchev–Trinajstić information content (AvgIpc) is 3.87. The van der Waals surface area contributed by atoms with E-state index in [1.807, 2.05) is 6.08 Å². The molecule has 1 heterocycles. The van der Waals surface area contributed by atoms with Crippen LogP contribution in [0.3, 0.4) is 0 Å². The molecule has 12 rings (SSSR count). The van der Waals surface area contributed by atoms with Gasteiger partial charge in [-0.1, -0.05) is 190 Å². The Hall–Kier alpha value is -8.72. The second-order valence-corrected chi connectivity index (χ2v) is 19.0. The van der Waals surface area contributed by atoms with Gasteiger partial charge in [0.2, 0.25) is 0 Å². The normalized spacial score (nSPS) is 12.8. The van der Waals surface area contributed by atoms with E-state index in [0.717, 1.165) is 39.4 Å². The Morgan fingerprint density at radius 2 is 0.957 bits per heavy atom. The smallest absolute Gasteiger partial charge is 0.0541 e. The quantitative estimate of drug-likeness (QED) is 0.124. The molecule has 10 aromatic carbocycles. The molecule has 0 bridgehead atoms. The van der Waals surface area contributed by atoms with Crippen LogP contribution in [0.25, 0.3) is 88.7 Å². The molecular formula is C68H52N2. The monoisotopic (exact) mass is 896 g/mol. The Balaban J connectivity index is 0.999. The zero-order valence-corrected chi connectivity index (χ0v) is 39.8. The molecule has 0 saturated heterocycles. The second kappa shape index (κ2) is 17.4. The maximum atomic E-state index is 4.16. The highest BCUT2D eigenvalue weighted by atomic mass is 15.1. The molecule has 0 aliphatic heterocycles. The number of fused-ring (bicyclic) bond motifs is 6. The van der Waals surface area contributed by atoms with Crippen molar-refractivity contribution in [3.63, 3.8) is 0 Å². The number of nitrogens with zero attached hydrogens (tertiary/aromatic N) is 2. The number of hydrogen-bond acceptors (Lipinski definition) is 1. The number of anilines is 3. The van der Waals surface area contributed by atoms with Gasteiger partial charge in [0.25, 0.3) is 0 Å². The van der Waals surface area contributed by atoms with Crippen LogP contribution in [0, 0.1) is 0 Å². The third-order valence-corrected chi connectivity index (χ3v) is 14.5. The van der Waals surface area contributed by atoms with Crippen LogP contribution in [0.4, 0.5) is 17.1 Å². The Morgan fingerprint density at radius 3 is 1.61 bits per heavy atom. The van der Waals surface area contributed by atoms with Crippen molar-refractivity contribution in [2.75, 3.05) is 4.90 Å². The highest BCUT2D eigenvalue weighted by Crippen LogP contribution is 2.51. The minimum absolute atomic E-state index is 0.0887. The first-order valence-electron chi connectivity index (χ1n) is 24.3. The van der Waals surface area contributed by atoms with Gasteiger partial charge in [-0.15, -0.1) is 0 Å². The van der Waals surface area contributed by atoms with Crippen LogP contribution < -0.4 is 4.90 Å². The van der Waals surface area contributed by atoms with Gasteiger partial charge in [-0.05, 0) is 164 Å². The molecule has 1 aliphatic carbocycles. The Labute approximate surface area is 411 Å². The third-order valence-electron chi connectivity index (χ3n) is 14.5. The molecule has 334 valence electrons. The van der Waals surface area contributed by atoms with Gasteiger partial charge in [0.1, 0.15) is 0 Å². The standard InChI is InChI=1S/C68H52N2/c1-5-46(6-2)52-38-53(47-20-10-7-11-21-47)43-59(40-52)70-66-29-19-17-27-61(66)63-44-51(32-37-67(63)70)50-30-33-56(34-31-50)69(57-35-36-65-62(45-57)60-26-16-18-28-64(60)68(65,3)4)58-41-54(48-22-12-8-13-23-48)39-55(42-58)49-24-14-9-15-25-49/h5-45H,1H2,2-4H3/b46-6+. The second-order valence-electron chi connectivity index (χ2n) is 19.0. The summed E-state index contributed by atoms with van der Waals surface area (Å²) in [5.74, 6) is 0. The van der Waals surface area contributed by atoms with Crippen LogP contribution in [0.2, 0.25) is 0 Å². The molecule has 0 radical (unpaired) electrons. The number of hydrogen-bond donors (Lipinski definition) is 0. The largest absolute Gasteiger partial charge is 0.310 e. The minimum atomic E-state index is -0.0887. The number of para-hydroxylation sites is 1. The van der Waals surface area contributed by atoms with Crippen molar-refractivity contribution in [3.8, 4) is 61.3 Å². The summed E-state index contributed by atoms with van der Waals surface area (Å²) in [5.41, 5.74) is 23.6. The van der Waals surface area contributed by atoms with Crippen molar-refractivity contribution in [1.82, 2.24) is 4.57 Å². The van der Waals surface area contributed by atoms with E-state index in [9.17, 15) is 0 Å². The first-order chi connectivity index (χ1) is 34.4. The van der Waals surface area contributed by atoms with Crippen LogP contribution in [-0.4, -0.2) is 4.57 Å². The van der Waals surface area contributed by atoms with Gasteiger partial charge in [0, 0.05) is 38.9 Å². The summed E-state index contributed by atoms with van der Waals surface area (Å²) in [5, 5.41) is 2.44. The minimum Gasteiger partial charge on any atom is -0.310 e. The van der Waals surface area contributed by atoms with Gasteiger partial charge in [0.05, 0.1) is 11.0 Å². The Bertz CT molecular complexity index is 3740. The van der Waals surface area contributed by atoms with Crippen molar-refractivity contribution in [3.05, 3.63) is 272 Å². The fourth-order valence-electron chi connectivity index (χ4n) is 11.0. The molecule has 0 amide bonds. The maximum Gasteiger partial charge on any atom is 0.0541 e. The van der Waals surface area contributed by atoms with Gasteiger partial charge in [0.15, 0.2) is 0 Å². The van der Waals surface area contributed by atoms with Crippen LogP contribution >= 0.6 is 0 Å².